The van der Waals surface area contributed by atoms with E-state index in [0.29, 0.717) is 41.8 Å². The molecule has 1 N–H and O–H groups in total. The quantitative estimate of drug-likeness (QED) is 0.493. The third-order valence-corrected chi connectivity index (χ3v) is 4.70. The second kappa shape index (κ2) is 10.9. The normalized spacial score (nSPS) is 17.7. The lowest BCUT2D eigenvalue weighted by Crippen LogP contribution is -2.32. The Bertz CT molecular complexity index is 752. The fourth-order valence-electron chi connectivity index (χ4n) is 2.76. The van der Waals surface area contributed by atoms with E-state index in [-0.39, 0.29) is 17.8 Å². The fourth-order valence-corrected chi connectivity index (χ4v) is 3.02. The number of nitrogens with one attached hydrogen (secondary N) is 1. The average Bonchev–Trinajstić information content (AvgIpc) is 3.20. The molecule has 0 unspecified atom stereocenters. The summed E-state index contributed by atoms with van der Waals surface area (Å²) in [5, 5.41) is 12.5. The number of hydrogen-bond donors (Lipinski definition) is 1. The molecule has 6 nitrogen and oxygen atoms in total. The number of carbonyl (C=O) groups is 1. The van der Waals surface area contributed by atoms with Crippen LogP contribution in [-0.2, 0) is 9.53 Å². The molecule has 0 radical (unpaired) electrons. The summed E-state index contributed by atoms with van der Waals surface area (Å²) in [7, 11) is 0. The first-order valence-corrected chi connectivity index (χ1v) is 10.0. The Balaban J connectivity index is 2.21. The second-order valence-corrected chi connectivity index (χ2v) is 7.02. The van der Waals surface area contributed by atoms with Crippen LogP contribution in [0.15, 0.2) is 17.7 Å². The molecule has 1 fully saturated rings. The molecule has 0 spiro atoms. The number of rotatable bonds is 9. The van der Waals surface area contributed by atoms with Gasteiger partial charge in [0, 0.05) is 13.2 Å². The van der Waals surface area contributed by atoms with Crippen molar-refractivity contribution < 1.29 is 19.0 Å². The van der Waals surface area contributed by atoms with E-state index >= 15 is 0 Å². The lowest BCUT2D eigenvalue weighted by atomic mass is 10.1. The van der Waals surface area contributed by atoms with Gasteiger partial charge in [-0.1, -0.05) is 18.5 Å². The number of ether oxygens (including phenoxy) is 3. The number of amides is 1. The zero-order valence-electron chi connectivity index (χ0n) is 16.6. The average molecular weight is 407 g/mol. The summed E-state index contributed by atoms with van der Waals surface area (Å²) in [6, 6.07) is 5.32. The van der Waals surface area contributed by atoms with Gasteiger partial charge in [-0.05, 0) is 56.9 Å². The smallest absolute Gasteiger partial charge is 0.262 e. The van der Waals surface area contributed by atoms with Crippen molar-refractivity contribution in [1.82, 2.24) is 5.32 Å². The van der Waals surface area contributed by atoms with Crippen molar-refractivity contribution in [3.63, 3.8) is 0 Å². The van der Waals surface area contributed by atoms with Crippen LogP contribution < -0.4 is 14.8 Å². The van der Waals surface area contributed by atoms with E-state index in [1.165, 1.54) is 6.08 Å². The molecule has 0 saturated carbocycles. The van der Waals surface area contributed by atoms with Crippen LogP contribution in [0.2, 0.25) is 5.02 Å². The second-order valence-electron chi connectivity index (χ2n) is 6.61. The monoisotopic (exact) mass is 406 g/mol. The van der Waals surface area contributed by atoms with Gasteiger partial charge in [0.15, 0.2) is 11.5 Å². The highest BCUT2D eigenvalue weighted by molar-refractivity contribution is 6.32. The van der Waals surface area contributed by atoms with Crippen molar-refractivity contribution in [2.45, 2.75) is 52.2 Å². The molecule has 0 aliphatic carbocycles. The summed E-state index contributed by atoms with van der Waals surface area (Å²) in [5.41, 5.74) is 0.584. The Morgan fingerprint density at radius 3 is 2.89 bits per heavy atom. The molecule has 2 rings (SSSR count). The SMILES string of the molecule is CCOc1cc(/C=C(\C#N)C(=O)NC[C@@H]2CCCO2)cc(Cl)c1O[C@H](C)CC. The maximum Gasteiger partial charge on any atom is 0.262 e. The molecular weight excluding hydrogens is 380 g/mol. The molecule has 0 bridgehead atoms. The largest absolute Gasteiger partial charge is 0.490 e. The van der Waals surface area contributed by atoms with Gasteiger partial charge in [-0.2, -0.15) is 5.26 Å². The number of halogens is 1. The van der Waals surface area contributed by atoms with Gasteiger partial charge in [0.2, 0.25) is 0 Å². The molecule has 2 atom stereocenters. The van der Waals surface area contributed by atoms with Gasteiger partial charge in [0.05, 0.1) is 23.8 Å². The van der Waals surface area contributed by atoms with Crippen molar-refractivity contribution in [3.05, 3.63) is 28.3 Å². The molecule has 1 heterocycles. The molecule has 1 aliphatic rings. The van der Waals surface area contributed by atoms with Gasteiger partial charge in [0.1, 0.15) is 11.6 Å². The molecular formula is C21H27ClN2O4. The van der Waals surface area contributed by atoms with E-state index in [1.807, 2.05) is 26.8 Å². The van der Waals surface area contributed by atoms with Crippen molar-refractivity contribution in [2.75, 3.05) is 19.8 Å². The Morgan fingerprint density at radius 1 is 1.50 bits per heavy atom. The van der Waals surface area contributed by atoms with Crippen LogP contribution in [0.1, 0.15) is 45.6 Å². The van der Waals surface area contributed by atoms with Crippen LogP contribution in [0, 0.1) is 11.3 Å². The Hall–Kier alpha value is -2.23. The molecule has 1 saturated heterocycles. The van der Waals surface area contributed by atoms with Crippen LogP contribution in [-0.4, -0.2) is 37.9 Å². The number of nitrogens with zero attached hydrogens (tertiary/aromatic N) is 1. The van der Waals surface area contributed by atoms with E-state index in [4.69, 9.17) is 25.8 Å². The summed E-state index contributed by atoms with van der Waals surface area (Å²) in [6.45, 7) is 7.38. The molecule has 1 aromatic carbocycles. The molecule has 152 valence electrons. The van der Waals surface area contributed by atoms with E-state index in [9.17, 15) is 10.1 Å². The van der Waals surface area contributed by atoms with Gasteiger partial charge in [0.25, 0.3) is 5.91 Å². The first-order chi connectivity index (χ1) is 13.5. The van der Waals surface area contributed by atoms with Crippen LogP contribution in [0.3, 0.4) is 0 Å². The maximum atomic E-state index is 12.3. The third kappa shape index (κ3) is 6.15. The van der Waals surface area contributed by atoms with Gasteiger partial charge in [-0.3, -0.25) is 4.79 Å². The van der Waals surface area contributed by atoms with E-state index < -0.39 is 5.91 Å². The third-order valence-electron chi connectivity index (χ3n) is 4.42. The number of nitriles is 1. The minimum atomic E-state index is -0.438. The molecule has 1 aromatic rings. The van der Waals surface area contributed by atoms with E-state index in [0.717, 1.165) is 19.3 Å². The molecule has 1 amide bonds. The first kappa shape index (κ1) is 22.1. The minimum Gasteiger partial charge on any atom is -0.490 e. The summed E-state index contributed by atoms with van der Waals surface area (Å²) in [5.74, 6) is 0.516. The van der Waals surface area contributed by atoms with Crippen molar-refractivity contribution in [2.24, 2.45) is 0 Å². The lowest BCUT2D eigenvalue weighted by molar-refractivity contribution is -0.117. The zero-order chi connectivity index (χ0) is 20.5. The molecule has 7 heteroatoms. The van der Waals surface area contributed by atoms with Crippen LogP contribution in [0.4, 0.5) is 0 Å². The van der Waals surface area contributed by atoms with Crippen LogP contribution in [0.25, 0.3) is 6.08 Å². The first-order valence-electron chi connectivity index (χ1n) is 9.63. The number of benzene rings is 1. The zero-order valence-corrected chi connectivity index (χ0v) is 17.3. The Labute approximate surface area is 171 Å². The molecule has 1 aliphatic heterocycles. The van der Waals surface area contributed by atoms with Gasteiger partial charge >= 0.3 is 0 Å². The molecule has 28 heavy (non-hydrogen) atoms. The topological polar surface area (TPSA) is 80.6 Å². The highest BCUT2D eigenvalue weighted by atomic mass is 35.5. The van der Waals surface area contributed by atoms with Crippen LogP contribution in [0.5, 0.6) is 11.5 Å². The van der Waals surface area contributed by atoms with Crippen molar-refractivity contribution >= 4 is 23.6 Å². The predicted octanol–water partition coefficient (Wildman–Crippen LogP) is 4.12. The summed E-state index contributed by atoms with van der Waals surface area (Å²) in [6.07, 6.45) is 4.22. The fraction of sp³-hybridized carbons (Fsp3) is 0.524. The maximum absolute atomic E-state index is 12.3. The van der Waals surface area contributed by atoms with Gasteiger partial charge < -0.3 is 19.5 Å². The predicted molar refractivity (Wildman–Crippen MR) is 109 cm³/mol. The van der Waals surface area contributed by atoms with E-state index in [1.54, 1.807) is 12.1 Å². The summed E-state index contributed by atoms with van der Waals surface area (Å²) in [4.78, 5) is 12.3. The standard InChI is InChI=1S/C21H27ClN2O4/c1-4-14(3)28-20-18(22)10-15(11-19(20)26-5-2)9-16(12-23)21(25)24-13-17-7-6-8-27-17/h9-11,14,17H,4-8,13H2,1-3H3,(H,24,25)/b16-9+/t14-,17+/m1/s1. The minimum absolute atomic E-state index is 0.00731. The Morgan fingerprint density at radius 2 is 2.29 bits per heavy atom. The van der Waals surface area contributed by atoms with Crippen LogP contribution >= 0.6 is 11.6 Å². The summed E-state index contributed by atoms with van der Waals surface area (Å²) >= 11 is 6.39. The highest BCUT2D eigenvalue weighted by Gasteiger charge is 2.19. The van der Waals surface area contributed by atoms with Crippen molar-refractivity contribution in [1.29, 1.82) is 5.26 Å². The highest BCUT2D eigenvalue weighted by Crippen LogP contribution is 2.38. The van der Waals surface area contributed by atoms with Crippen molar-refractivity contribution in [3.8, 4) is 17.6 Å². The number of carbonyl (C=O) groups excluding carboxylic acids is 1. The Kier molecular flexibility index (Phi) is 8.62. The molecule has 0 aromatic heterocycles. The lowest BCUT2D eigenvalue weighted by Gasteiger charge is -2.18. The van der Waals surface area contributed by atoms with E-state index in [2.05, 4.69) is 5.32 Å². The van der Waals surface area contributed by atoms with Gasteiger partial charge in [-0.25, -0.2) is 0 Å². The van der Waals surface area contributed by atoms with Gasteiger partial charge in [-0.15, -0.1) is 0 Å². The summed E-state index contributed by atoms with van der Waals surface area (Å²) < 4.78 is 17.0. The number of hydrogen-bond acceptors (Lipinski definition) is 5.